The number of nitrogens with zero attached hydrogens (tertiary/aromatic N) is 3. The van der Waals surface area contributed by atoms with Gasteiger partial charge in [0.05, 0.1) is 0 Å². The molecule has 0 saturated carbocycles. The standard InChI is InChI=1S/C15H25N5O/c1-3-16-15(21)13-8-9-14(19-18-13)20(4-2)11-12-7-5-6-10-17-12/h8-9,12,17H,3-7,10-11H2,1-2H3,(H,16,21). The van der Waals surface area contributed by atoms with Crippen molar-refractivity contribution >= 4 is 11.7 Å². The Morgan fingerprint density at radius 3 is 2.81 bits per heavy atom. The zero-order chi connectivity index (χ0) is 15.1. The first-order chi connectivity index (χ1) is 10.2. The van der Waals surface area contributed by atoms with E-state index in [0.29, 0.717) is 18.3 Å². The zero-order valence-corrected chi connectivity index (χ0v) is 12.9. The van der Waals surface area contributed by atoms with Crippen LogP contribution in [0.15, 0.2) is 12.1 Å². The van der Waals surface area contributed by atoms with E-state index >= 15 is 0 Å². The molecule has 2 rings (SSSR count). The van der Waals surface area contributed by atoms with Crippen LogP contribution < -0.4 is 15.5 Å². The smallest absolute Gasteiger partial charge is 0.271 e. The van der Waals surface area contributed by atoms with Crippen LogP contribution in [0.5, 0.6) is 0 Å². The minimum absolute atomic E-state index is 0.173. The van der Waals surface area contributed by atoms with Crippen LogP contribution in [0.25, 0.3) is 0 Å². The Labute approximate surface area is 126 Å². The first-order valence-corrected chi connectivity index (χ1v) is 7.84. The number of piperidine rings is 1. The zero-order valence-electron chi connectivity index (χ0n) is 12.9. The molecule has 0 aromatic carbocycles. The van der Waals surface area contributed by atoms with Gasteiger partial charge in [-0.1, -0.05) is 6.42 Å². The van der Waals surface area contributed by atoms with Crippen LogP contribution in [0.3, 0.4) is 0 Å². The molecule has 1 fully saturated rings. The molecule has 1 atom stereocenters. The van der Waals surface area contributed by atoms with Crippen molar-refractivity contribution in [3.63, 3.8) is 0 Å². The van der Waals surface area contributed by atoms with E-state index in [1.165, 1.54) is 19.3 Å². The van der Waals surface area contributed by atoms with Crippen molar-refractivity contribution in [3.8, 4) is 0 Å². The van der Waals surface area contributed by atoms with Gasteiger partial charge in [0.25, 0.3) is 5.91 Å². The van der Waals surface area contributed by atoms with Crippen LogP contribution in [-0.4, -0.2) is 48.3 Å². The summed E-state index contributed by atoms with van der Waals surface area (Å²) < 4.78 is 0. The van der Waals surface area contributed by atoms with Gasteiger partial charge in [-0.25, -0.2) is 0 Å². The van der Waals surface area contributed by atoms with Gasteiger partial charge in [0.15, 0.2) is 11.5 Å². The van der Waals surface area contributed by atoms with Crippen molar-refractivity contribution in [1.29, 1.82) is 0 Å². The fourth-order valence-electron chi connectivity index (χ4n) is 2.60. The molecule has 1 aromatic heterocycles. The lowest BCUT2D eigenvalue weighted by atomic mass is 10.0. The number of carbonyl (C=O) groups excluding carboxylic acids is 1. The summed E-state index contributed by atoms with van der Waals surface area (Å²) in [6, 6.07) is 4.14. The molecule has 1 aromatic rings. The normalized spacial score (nSPS) is 18.3. The van der Waals surface area contributed by atoms with Crippen LogP contribution in [0.4, 0.5) is 5.82 Å². The molecule has 2 heterocycles. The van der Waals surface area contributed by atoms with Crippen molar-refractivity contribution in [1.82, 2.24) is 20.8 Å². The summed E-state index contributed by atoms with van der Waals surface area (Å²) in [5, 5.41) is 14.5. The number of nitrogens with one attached hydrogen (secondary N) is 2. The number of carbonyl (C=O) groups is 1. The molecule has 0 bridgehead atoms. The fraction of sp³-hybridized carbons (Fsp3) is 0.667. The third kappa shape index (κ3) is 4.39. The Kier molecular flexibility index (Phi) is 5.92. The van der Waals surface area contributed by atoms with Gasteiger partial charge in [-0.3, -0.25) is 4.79 Å². The fourth-order valence-corrected chi connectivity index (χ4v) is 2.60. The number of hydrogen-bond donors (Lipinski definition) is 2. The lowest BCUT2D eigenvalue weighted by Crippen LogP contribution is -2.44. The number of anilines is 1. The average Bonchev–Trinajstić information content (AvgIpc) is 2.54. The van der Waals surface area contributed by atoms with E-state index in [1.807, 2.05) is 13.0 Å². The average molecular weight is 291 g/mol. The lowest BCUT2D eigenvalue weighted by Gasteiger charge is -2.30. The topological polar surface area (TPSA) is 70.2 Å². The van der Waals surface area contributed by atoms with Gasteiger partial charge < -0.3 is 15.5 Å². The second-order valence-corrected chi connectivity index (χ2v) is 5.32. The van der Waals surface area contributed by atoms with Gasteiger partial charge >= 0.3 is 0 Å². The Balaban J connectivity index is 1.99. The largest absolute Gasteiger partial charge is 0.354 e. The first-order valence-electron chi connectivity index (χ1n) is 7.84. The number of rotatable bonds is 6. The van der Waals surface area contributed by atoms with E-state index in [2.05, 4.69) is 32.7 Å². The second kappa shape index (κ2) is 7.93. The molecule has 0 aliphatic carbocycles. The molecule has 1 saturated heterocycles. The van der Waals surface area contributed by atoms with E-state index in [-0.39, 0.29) is 5.91 Å². The molecule has 1 aliphatic heterocycles. The Morgan fingerprint density at radius 2 is 2.24 bits per heavy atom. The van der Waals surface area contributed by atoms with Crippen molar-refractivity contribution in [2.45, 2.75) is 39.2 Å². The Morgan fingerprint density at radius 1 is 1.38 bits per heavy atom. The van der Waals surface area contributed by atoms with E-state index in [9.17, 15) is 4.79 Å². The summed E-state index contributed by atoms with van der Waals surface area (Å²) >= 11 is 0. The summed E-state index contributed by atoms with van der Waals surface area (Å²) in [6.07, 6.45) is 3.77. The number of likely N-dealkylation sites (N-methyl/N-ethyl adjacent to an activating group) is 1. The van der Waals surface area contributed by atoms with Crippen LogP contribution in [-0.2, 0) is 0 Å². The van der Waals surface area contributed by atoms with E-state index < -0.39 is 0 Å². The minimum Gasteiger partial charge on any atom is -0.354 e. The van der Waals surface area contributed by atoms with E-state index in [1.54, 1.807) is 6.07 Å². The highest BCUT2D eigenvalue weighted by Gasteiger charge is 2.17. The predicted octanol–water partition coefficient (Wildman–Crippen LogP) is 1.19. The summed E-state index contributed by atoms with van der Waals surface area (Å²) in [5.41, 5.74) is 0.368. The quantitative estimate of drug-likeness (QED) is 0.824. The van der Waals surface area contributed by atoms with Gasteiger partial charge in [0.1, 0.15) is 0 Å². The van der Waals surface area contributed by atoms with E-state index in [0.717, 1.165) is 25.5 Å². The third-order valence-electron chi connectivity index (χ3n) is 3.78. The maximum Gasteiger partial charge on any atom is 0.271 e. The van der Waals surface area contributed by atoms with Crippen LogP contribution in [0.1, 0.15) is 43.6 Å². The molecule has 0 radical (unpaired) electrons. The molecule has 6 heteroatoms. The highest BCUT2D eigenvalue weighted by Crippen LogP contribution is 2.14. The molecule has 21 heavy (non-hydrogen) atoms. The molecule has 1 unspecified atom stereocenters. The van der Waals surface area contributed by atoms with Crippen molar-refractivity contribution < 1.29 is 4.79 Å². The summed E-state index contributed by atoms with van der Waals surface area (Å²) in [7, 11) is 0. The van der Waals surface area contributed by atoms with Crippen molar-refractivity contribution in [2.75, 3.05) is 31.1 Å². The van der Waals surface area contributed by atoms with Gasteiger partial charge in [-0.2, -0.15) is 0 Å². The predicted molar refractivity (Wildman–Crippen MR) is 83.6 cm³/mol. The molecule has 2 N–H and O–H groups in total. The molecule has 6 nitrogen and oxygen atoms in total. The molecular formula is C15H25N5O. The van der Waals surface area contributed by atoms with Gasteiger partial charge in [0.2, 0.25) is 0 Å². The van der Waals surface area contributed by atoms with Crippen LogP contribution >= 0.6 is 0 Å². The monoisotopic (exact) mass is 291 g/mol. The van der Waals surface area contributed by atoms with E-state index in [4.69, 9.17) is 0 Å². The molecule has 0 spiro atoms. The number of hydrogen-bond acceptors (Lipinski definition) is 5. The van der Waals surface area contributed by atoms with Gasteiger partial charge in [0, 0.05) is 25.7 Å². The summed E-state index contributed by atoms with van der Waals surface area (Å²) in [6.45, 7) is 7.51. The molecule has 1 aliphatic rings. The Bertz CT molecular complexity index is 442. The minimum atomic E-state index is -0.173. The summed E-state index contributed by atoms with van der Waals surface area (Å²) in [5.74, 6) is 0.659. The molecule has 116 valence electrons. The van der Waals surface area contributed by atoms with Crippen molar-refractivity contribution in [2.24, 2.45) is 0 Å². The van der Waals surface area contributed by atoms with Gasteiger partial charge in [-0.15, -0.1) is 10.2 Å². The maximum atomic E-state index is 11.7. The third-order valence-corrected chi connectivity index (χ3v) is 3.78. The number of amides is 1. The molecular weight excluding hydrogens is 266 g/mol. The van der Waals surface area contributed by atoms with Crippen molar-refractivity contribution in [3.05, 3.63) is 17.8 Å². The SMILES string of the molecule is CCNC(=O)c1ccc(N(CC)CC2CCCCN2)nn1. The van der Waals surface area contributed by atoms with Gasteiger partial charge in [-0.05, 0) is 45.4 Å². The Hall–Kier alpha value is -1.69. The lowest BCUT2D eigenvalue weighted by molar-refractivity contribution is 0.0950. The summed E-state index contributed by atoms with van der Waals surface area (Å²) in [4.78, 5) is 13.9. The van der Waals surface area contributed by atoms with Crippen LogP contribution in [0.2, 0.25) is 0 Å². The number of aromatic nitrogens is 2. The highest BCUT2D eigenvalue weighted by molar-refractivity contribution is 5.92. The highest BCUT2D eigenvalue weighted by atomic mass is 16.1. The maximum absolute atomic E-state index is 11.7. The van der Waals surface area contributed by atoms with Crippen LogP contribution in [0, 0.1) is 0 Å². The second-order valence-electron chi connectivity index (χ2n) is 5.32. The molecule has 1 amide bonds. The first kappa shape index (κ1) is 15.7.